The number of nitrogens with two attached hydrogens (primary N) is 1. The summed E-state index contributed by atoms with van der Waals surface area (Å²) in [5, 5.41) is 33.7. The Morgan fingerprint density at radius 1 is 0.700 bits per heavy atom. The first-order valence-corrected chi connectivity index (χ1v) is 31.5. The minimum absolute atomic E-state index is 0.0560. The van der Waals surface area contributed by atoms with Crippen molar-refractivity contribution in [3.8, 4) is 17.5 Å². The minimum atomic E-state index is 0.0560. The van der Waals surface area contributed by atoms with Gasteiger partial charge in [0, 0.05) is 75.0 Å². The molecule has 30 heteroatoms. The summed E-state index contributed by atoms with van der Waals surface area (Å²) < 4.78 is 27.5. The zero-order chi connectivity index (χ0) is 58.1. The van der Waals surface area contributed by atoms with E-state index in [0.717, 1.165) is 80.6 Å². The van der Waals surface area contributed by atoms with Crippen LogP contribution in [0, 0.1) is 16.7 Å². The molecule has 10 rings (SSSR count). The minimum Gasteiger partial charge on any atom is -0.478 e. The average molecular weight is 1560 g/mol. The van der Waals surface area contributed by atoms with Crippen LogP contribution in [0.3, 0.4) is 0 Å². The molecule has 0 saturated carbocycles. The number of carbonyl (C=O) groups excluding carboxylic acids is 1. The lowest BCUT2D eigenvalue weighted by atomic mass is 10.2. The van der Waals surface area contributed by atoms with Gasteiger partial charge >= 0.3 is 0 Å². The molecule has 7 heterocycles. The molecule has 0 atom stereocenters. The number of ether oxygens (including phenoxy) is 1. The number of H-pyrrole nitrogens is 1. The number of benzene rings is 3. The second-order valence-electron chi connectivity index (χ2n) is 14.1. The van der Waals surface area contributed by atoms with Gasteiger partial charge < -0.3 is 9.84 Å². The van der Waals surface area contributed by atoms with Crippen molar-refractivity contribution >= 4 is 175 Å². The van der Waals surface area contributed by atoms with E-state index in [0.29, 0.717) is 52.3 Å². The number of aliphatic hydroxyl groups excluding tert-OH is 1. The van der Waals surface area contributed by atoms with Crippen molar-refractivity contribution < 1.29 is 42.6 Å². The standard InChI is InChI=1S/C16H14BrN3O3S.C15H10BrN5O2S.C14H8BrN3O2S.C2H6O.2CH3I.CH4N2O/c1-2-21-15(18)14-10-20(16-13(14)8-11(17)9-19-16)22-23-24-12-6-4-3-5-7-12;16-10-6-12-13(14-18-9-19-20-14)8-21(15(12)17-7-10)22-23-24-11-4-2-1-3-5-11;15-11-6-13-10(7-16)9-18(14(13)17-8-11)19-20-21-12-4-2-1-3-5-12;1-2-3;2*1-2;2-3-1-4/h3-10,18H,2H2,1H3;1-9H,(H,18,19,20);1-6,8-9H;3H,2H2,1H3;2*1H3;1H,2H2,(H,3,4). The van der Waals surface area contributed by atoms with E-state index in [2.05, 4.69) is 135 Å². The summed E-state index contributed by atoms with van der Waals surface area (Å²) in [5.41, 5.74) is 5.26. The molecule has 0 spiro atoms. The first kappa shape index (κ1) is 67.0. The number of fused-ring (bicyclic) bond motifs is 3. The molecule has 0 aliphatic carbocycles. The second kappa shape index (κ2) is 38.2. The van der Waals surface area contributed by atoms with Crippen molar-refractivity contribution in [2.75, 3.05) is 23.1 Å². The molecule has 0 fully saturated rings. The van der Waals surface area contributed by atoms with E-state index in [4.69, 9.17) is 53.3 Å². The van der Waals surface area contributed by atoms with Gasteiger partial charge in [-0.05, 0) is 126 Å². The number of nitriles is 1. The highest BCUT2D eigenvalue weighted by Crippen LogP contribution is 2.30. The molecule has 420 valence electrons. The first-order valence-electron chi connectivity index (χ1n) is 22.5. The van der Waals surface area contributed by atoms with Crippen molar-refractivity contribution in [2.45, 2.75) is 28.5 Å². The third-order valence-electron chi connectivity index (χ3n) is 9.08. The summed E-state index contributed by atoms with van der Waals surface area (Å²) in [7, 11) is 0. The van der Waals surface area contributed by atoms with Gasteiger partial charge in [-0.3, -0.25) is 20.7 Å². The maximum Gasteiger partial charge on any atom is 0.221 e. The van der Waals surface area contributed by atoms with Crippen LogP contribution in [0.1, 0.15) is 25.0 Å². The highest BCUT2D eigenvalue weighted by Gasteiger charge is 2.18. The number of hydrogen-bond donors (Lipinski definition) is 5. The van der Waals surface area contributed by atoms with Crippen LogP contribution >= 0.6 is 129 Å². The monoisotopic (exact) mass is 1560 g/mol. The number of aliphatic hydroxyl groups is 1. The van der Waals surface area contributed by atoms with Gasteiger partial charge in [0.1, 0.15) is 12.4 Å². The lowest BCUT2D eigenvalue weighted by Gasteiger charge is -2.04. The molecule has 3 aromatic carbocycles. The third kappa shape index (κ3) is 21.1. The van der Waals surface area contributed by atoms with Crippen molar-refractivity contribution in [3.63, 3.8) is 0 Å². The zero-order valence-corrected chi connectivity index (χ0v) is 53.9. The Kier molecular flexibility index (Phi) is 32.0. The van der Waals surface area contributed by atoms with Crippen molar-refractivity contribution in [3.05, 3.63) is 177 Å². The van der Waals surface area contributed by atoms with Crippen LogP contribution in [0.15, 0.2) is 181 Å². The van der Waals surface area contributed by atoms with E-state index >= 15 is 0 Å². The van der Waals surface area contributed by atoms with E-state index in [1.165, 1.54) is 26.7 Å². The lowest BCUT2D eigenvalue weighted by Crippen LogP contribution is -2.18. The Morgan fingerprint density at radius 2 is 1.10 bits per heavy atom. The van der Waals surface area contributed by atoms with E-state index in [-0.39, 0.29) is 12.5 Å². The van der Waals surface area contributed by atoms with Gasteiger partial charge in [-0.1, -0.05) is 113 Å². The van der Waals surface area contributed by atoms with Crippen LogP contribution in [-0.4, -0.2) is 84.8 Å². The number of hydrogen-bond acceptors (Lipinski definition) is 20. The highest BCUT2D eigenvalue weighted by atomic mass is 127. The lowest BCUT2D eigenvalue weighted by molar-refractivity contribution is -0.188. The van der Waals surface area contributed by atoms with E-state index in [1.54, 1.807) is 43.3 Å². The molecule has 80 heavy (non-hydrogen) atoms. The Bertz CT molecular complexity index is 3450. The Morgan fingerprint density at radius 3 is 1.51 bits per heavy atom. The second-order valence-corrected chi connectivity index (χ2v) is 19.2. The average Bonchev–Trinajstić information content (AvgIpc) is 4.35. The summed E-state index contributed by atoms with van der Waals surface area (Å²) in [6, 6.07) is 36.5. The molecule has 10 aromatic rings. The number of alkyl halides is 2. The molecule has 0 unspecified atom stereocenters. The fourth-order valence-electron chi connectivity index (χ4n) is 6.04. The van der Waals surface area contributed by atoms with Crippen molar-refractivity contribution in [2.24, 2.45) is 5.84 Å². The number of pyridine rings is 3. The van der Waals surface area contributed by atoms with Gasteiger partial charge in [-0.15, -0.1) is 14.2 Å². The van der Waals surface area contributed by atoms with E-state index in [9.17, 15) is 0 Å². The number of nitrogens with one attached hydrogen (secondary N) is 3. The van der Waals surface area contributed by atoms with Crippen LogP contribution in [0.4, 0.5) is 0 Å². The molecule has 0 bridgehead atoms. The summed E-state index contributed by atoms with van der Waals surface area (Å²) in [4.78, 5) is 48.6. The molecule has 0 aliphatic heterocycles. The Balaban J connectivity index is 0.000000237. The zero-order valence-electron chi connectivity index (χ0n) is 42.4. The van der Waals surface area contributed by atoms with Crippen molar-refractivity contribution in [1.82, 2.24) is 49.8 Å². The fraction of sp³-hybridized carbons (Fsp3) is 0.120. The number of rotatable bonds is 16. The maximum absolute atomic E-state index is 9.14. The number of nitrogens with zero attached hydrogens (tertiary/aromatic N) is 9. The van der Waals surface area contributed by atoms with E-state index in [1.807, 2.05) is 126 Å². The maximum atomic E-state index is 9.14. The first-order chi connectivity index (χ1) is 39.1. The molecule has 6 N–H and O–H groups in total. The summed E-state index contributed by atoms with van der Waals surface area (Å²) in [5.74, 6) is 5.09. The van der Waals surface area contributed by atoms with Gasteiger partial charge in [0.2, 0.25) is 12.3 Å². The van der Waals surface area contributed by atoms with Crippen LogP contribution in [0.5, 0.6) is 0 Å². The number of amides is 1. The van der Waals surface area contributed by atoms with Gasteiger partial charge in [0.25, 0.3) is 0 Å². The number of aromatic nitrogens is 9. The molecule has 22 nitrogen and oxygen atoms in total. The summed E-state index contributed by atoms with van der Waals surface area (Å²) >= 11 is 17.7. The molecule has 0 radical (unpaired) electrons. The van der Waals surface area contributed by atoms with Gasteiger partial charge in [-0.2, -0.15) is 10.4 Å². The predicted octanol–water partition coefficient (Wildman–Crippen LogP) is 12.3. The number of hydrazine groups is 1. The molecular weight excluding hydrogens is 1520 g/mol. The Hall–Kier alpha value is -5.55. The van der Waals surface area contributed by atoms with Crippen molar-refractivity contribution in [1.29, 1.82) is 10.7 Å². The number of carbonyl (C=O) groups is 1. The fourth-order valence-corrected chi connectivity index (χ4v) is 8.36. The summed E-state index contributed by atoms with van der Waals surface area (Å²) in [6.45, 7) is 4.17. The Labute approximate surface area is 524 Å². The SMILES string of the molecule is Brc1cnc2c(c1)c(-c1ncn[nH]1)cn2OOSc1ccccc1.CCO.CCOC(=N)c1cn(OOSc2ccccc2)c2ncc(Br)cc12.CI.CI.N#Cc1cn(OOSc2ccccc2)c2ncc(Br)cc12.NNC=O. The van der Waals surface area contributed by atoms with Gasteiger partial charge in [-0.25, -0.2) is 40.7 Å². The molecule has 0 saturated heterocycles. The van der Waals surface area contributed by atoms with E-state index < -0.39 is 0 Å². The number of aromatic amines is 1. The van der Waals surface area contributed by atoms with Gasteiger partial charge in [0.05, 0.1) is 72.5 Å². The predicted molar refractivity (Wildman–Crippen MR) is 337 cm³/mol. The third-order valence-corrected chi connectivity index (χ3v) is 12.2. The molecular formula is C50H48Br3I2N13O9S3. The van der Waals surface area contributed by atoms with Crippen LogP contribution < -0.4 is 26.2 Å². The topological polar surface area (TPSA) is 283 Å². The van der Waals surface area contributed by atoms with Gasteiger partial charge in [0.15, 0.2) is 22.8 Å². The quantitative estimate of drug-likeness (QED) is 0.00574. The normalized spacial score (nSPS) is 9.93. The summed E-state index contributed by atoms with van der Waals surface area (Å²) in [6.07, 6.45) is 11.7. The van der Waals surface area contributed by atoms with Crippen LogP contribution in [0.2, 0.25) is 0 Å². The molecule has 1 amide bonds. The molecule has 7 aromatic heterocycles. The molecule has 0 aliphatic rings. The van der Waals surface area contributed by atoms with Crippen LogP contribution in [0.25, 0.3) is 44.5 Å². The largest absolute Gasteiger partial charge is 0.478 e. The highest BCUT2D eigenvalue weighted by molar-refractivity contribution is 14.1. The smallest absolute Gasteiger partial charge is 0.221 e. The number of halogens is 5. The van der Waals surface area contributed by atoms with Crippen LogP contribution in [-0.2, 0) is 22.5 Å².